The zero-order chi connectivity index (χ0) is 32.5. The molecule has 2 unspecified atom stereocenters. The second-order valence-corrected chi connectivity index (χ2v) is 13.0. The molecule has 2 aromatic carbocycles. The summed E-state index contributed by atoms with van der Waals surface area (Å²) in [5.74, 6) is 7.47. The molecular weight excluding hydrogens is 595 g/mol. The normalized spacial score (nSPS) is 24.7. The number of ether oxygens (including phenoxy) is 2. The van der Waals surface area contributed by atoms with Gasteiger partial charge in [-0.25, -0.2) is 0 Å². The molecule has 1 aliphatic carbocycles. The van der Waals surface area contributed by atoms with Gasteiger partial charge in [-0.05, 0) is 74.9 Å². The van der Waals surface area contributed by atoms with E-state index in [2.05, 4.69) is 39.6 Å². The maximum absolute atomic E-state index is 13.7. The van der Waals surface area contributed by atoms with Crippen molar-refractivity contribution in [3.63, 3.8) is 0 Å². The molecule has 0 spiro atoms. The molecule has 2 aliphatic heterocycles. The van der Waals surface area contributed by atoms with Crippen molar-refractivity contribution in [2.24, 2.45) is 11.8 Å². The van der Waals surface area contributed by atoms with E-state index in [1.165, 1.54) is 11.7 Å². The third-order valence-electron chi connectivity index (χ3n) is 9.98. The van der Waals surface area contributed by atoms with Crippen LogP contribution < -0.4 is 20.7 Å². The predicted octanol–water partition coefficient (Wildman–Crippen LogP) is 5.73. The quantitative estimate of drug-likeness (QED) is 0.274. The Morgan fingerprint density at radius 3 is 2.50 bits per heavy atom. The van der Waals surface area contributed by atoms with Gasteiger partial charge in [0, 0.05) is 60.2 Å². The molecule has 1 aromatic heterocycles. The van der Waals surface area contributed by atoms with Crippen LogP contribution in [0.25, 0.3) is 10.9 Å². The second-order valence-electron chi connectivity index (χ2n) is 13.0. The third-order valence-corrected chi connectivity index (χ3v) is 9.98. The van der Waals surface area contributed by atoms with Crippen LogP contribution in [0, 0.1) is 23.7 Å². The fraction of sp³-hybridized carbons (Fsp3) is 0.514. The second kappa shape index (κ2) is 13.1. The lowest BCUT2D eigenvalue weighted by molar-refractivity contribution is -0.140. The Morgan fingerprint density at radius 2 is 1.83 bits per heavy atom. The first-order chi connectivity index (χ1) is 22.1. The topological polar surface area (TPSA) is 79.8 Å². The minimum Gasteiger partial charge on any atom is -0.495 e. The lowest BCUT2D eigenvalue weighted by atomic mass is 9.79. The molecule has 11 heteroatoms. The summed E-state index contributed by atoms with van der Waals surface area (Å²) in [5, 5.41) is 10.1. The summed E-state index contributed by atoms with van der Waals surface area (Å²) in [6.45, 7) is 5.41. The SMILES string of the molecule is CNC(=O)c1ccc(NCC#Cc2cc3c(NC4CCC(C)(N5CC6COCC6C5)CC4)cccc3n2CC(F)(F)F)c(OC)c1. The van der Waals surface area contributed by atoms with Crippen LogP contribution >= 0.6 is 0 Å². The van der Waals surface area contributed by atoms with Crippen LogP contribution in [-0.2, 0) is 11.3 Å². The van der Waals surface area contributed by atoms with Gasteiger partial charge < -0.3 is 30.0 Å². The van der Waals surface area contributed by atoms with Gasteiger partial charge in [-0.2, -0.15) is 13.2 Å². The largest absolute Gasteiger partial charge is 0.495 e. The maximum Gasteiger partial charge on any atom is 0.406 e. The van der Waals surface area contributed by atoms with Gasteiger partial charge in [0.25, 0.3) is 5.91 Å². The van der Waals surface area contributed by atoms with Crippen LogP contribution in [0.2, 0.25) is 0 Å². The molecule has 3 fully saturated rings. The van der Waals surface area contributed by atoms with Crippen LogP contribution in [0.5, 0.6) is 5.75 Å². The number of aromatic nitrogens is 1. The highest BCUT2D eigenvalue weighted by Gasteiger charge is 2.45. The van der Waals surface area contributed by atoms with Gasteiger partial charge >= 0.3 is 6.18 Å². The first kappa shape index (κ1) is 32.1. The summed E-state index contributed by atoms with van der Waals surface area (Å²) in [6, 6.07) is 12.5. The number of fused-ring (bicyclic) bond motifs is 2. The Balaban J connectivity index is 1.16. The number of nitrogens with zero attached hydrogens (tertiary/aromatic N) is 2. The van der Waals surface area contributed by atoms with Crippen molar-refractivity contribution >= 4 is 28.2 Å². The van der Waals surface area contributed by atoms with Crippen LogP contribution in [0.3, 0.4) is 0 Å². The summed E-state index contributed by atoms with van der Waals surface area (Å²) < 4.78 is 53.5. The molecule has 0 bridgehead atoms. The van der Waals surface area contributed by atoms with E-state index in [-0.39, 0.29) is 24.0 Å². The minimum atomic E-state index is -4.40. The van der Waals surface area contributed by atoms with E-state index in [0.29, 0.717) is 40.0 Å². The highest BCUT2D eigenvalue weighted by molar-refractivity contribution is 5.95. The molecule has 8 nitrogen and oxygen atoms in total. The maximum atomic E-state index is 13.7. The van der Waals surface area contributed by atoms with Crippen LogP contribution in [-0.4, -0.2) is 80.1 Å². The number of benzene rings is 2. The summed E-state index contributed by atoms with van der Waals surface area (Å²) in [5.41, 5.74) is 2.88. The highest BCUT2D eigenvalue weighted by Crippen LogP contribution is 2.41. The number of nitrogens with one attached hydrogen (secondary N) is 3. The summed E-state index contributed by atoms with van der Waals surface area (Å²) in [4.78, 5) is 14.6. The molecule has 1 saturated carbocycles. The van der Waals surface area contributed by atoms with Crippen molar-refractivity contribution in [1.29, 1.82) is 0 Å². The summed E-state index contributed by atoms with van der Waals surface area (Å²) in [6.07, 6.45) is -0.231. The van der Waals surface area contributed by atoms with Gasteiger partial charge in [-0.3, -0.25) is 9.69 Å². The fourth-order valence-electron chi connectivity index (χ4n) is 7.31. The average molecular weight is 638 g/mol. The number of anilines is 2. The Kier molecular flexibility index (Phi) is 9.12. The van der Waals surface area contributed by atoms with E-state index < -0.39 is 12.7 Å². The van der Waals surface area contributed by atoms with Crippen molar-refractivity contribution in [1.82, 2.24) is 14.8 Å². The van der Waals surface area contributed by atoms with Gasteiger partial charge in [0.05, 0.1) is 43.8 Å². The molecule has 6 rings (SSSR count). The molecule has 2 saturated heterocycles. The van der Waals surface area contributed by atoms with Gasteiger partial charge in [0.1, 0.15) is 12.3 Å². The smallest absolute Gasteiger partial charge is 0.406 e. The molecule has 46 heavy (non-hydrogen) atoms. The Bertz CT molecular complexity index is 1620. The number of amides is 1. The number of likely N-dealkylation sites (tertiary alicyclic amines) is 1. The lowest BCUT2D eigenvalue weighted by Gasteiger charge is -2.45. The van der Waals surface area contributed by atoms with Crippen molar-refractivity contribution in [3.8, 4) is 17.6 Å². The van der Waals surface area contributed by atoms with Crippen molar-refractivity contribution < 1.29 is 27.4 Å². The predicted molar refractivity (Wildman–Crippen MR) is 173 cm³/mol. The number of alkyl halides is 3. The zero-order valence-corrected chi connectivity index (χ0v) is 26.6. The van der Waals surface area contributed by atoms with Crippen molar-refractivity contribution in [2.75, 3.05) is 57.6 Å². The number of rotatable bonds is 8. The number of halogens is 3. The molecule has 3 N–H and O–H groups in total. The highest BCUT2D eigenvalue weighted by atomic mass is 19.4. The minimum absolute atomic E-state index is 0.167. The van der Waals surface area contributed by atoms with E-state index >= 15 is 0 Å². The van der Waals surface area contributed by atoms with Gasteiger partial charge in [0.15, 0.2) is 0 Å². The summed E-state index contributed by atoms with van der Waals surface area (Å²) >= 11 is 0. The zero-order valence-electron chi connectivity index (χ0n) is 26.6. The Hall–Kier alpha value is -3.88. The lowest BCUT2D eigenvalue weighted by Crippen LogP contribution is -2.49. The van der Waals surface area contributed by atoms with E-state index in [9.17, 15) is 18.0 Å². The van der Waals surface area contributed by atoms with E-state index in [1.807, 2.05) is 12.1 Å². The Morgan fingerprint density at radius 1 is 1.09 bits per heavy atom. The van der Waals surface area contributed by atoms with Crippen molar-refractivity contribution in [3.05, 3.63) is 53.7 Å². The molecule has 1 amide bonds. The number of hydrogen-bond donors (Lipinski definition) is 3. The monoisotopic (exact) mass is 637 g/mol. The summed E-state index contributed by atoms with van der Waals surface area (Å²) in [7, 11) is 3.05. The molecule has 246 valence electrons. The van der Waals surface area contributed by atoms with Crippen LogP contribution in [0.15, 0.2) is 42.5 Å². The molecule has 3 aliphatic rings. The Labute approximate surface area is 268 Å². The standard InChI is InChI=1S/C35H42F3N5O3/c1-34(42-18-24-20-46-21-25(24)19-42)13-11-26(12-14-34)41-29-7-4-8-31-28(29)17-27(43(31)22-35(36,37)38)6-5-15-40-30-10-9-23(33(44)39-2)16-32(30)45-3/h4,7-10,16-17,24-26,40-41H,11-15,18-22H2,1-3H3,(H,39,44). The number of carbonyl (C=O) groups excluding carboxylic acids is 1. The average Bonchev–Trinajstić information content (AvgIpc) is 3.75. The molecule has 3 aromatic rings. The van der Waals surface area contributed by atoms with E-state index in [4.69, 9.17) is 9.47 Å². The molecule has 3 heterocycles. The van der Waals surface area contributed by atoms with Gasteiger partial charge in [-0.15, -0.1) is 0 Å². The van der Waals surface area contributed by atoms with Crippen LogP contribution in [0.4, 0.5) is 24.5 Å². The molecule has 2 atom stereocenters. The van der Waals surface area contributed by atoms with Gasteiger partial charge in [-0.1, -0.05) is 12.0 Å². The third kappa shape index (κ3) is 6.79. The van der Waals surface area contributed by atoms with Gasteiger partial charge in [0.2, 0.25) is 0 Å². The van der Waals surface area contributed by atoms with E-state index in [1.54, 1.807) is 37.4 Å². The van der Waals surface area contributed by atoms with Crippen molar-refractivity contribution in [2.45, 2.75) is 56.9 Å². The first-order valence-electron chi connectivity index (χ1n) is 16.0. The number of methoxy groups -OCH3 is 1. The molecular formula is C35H42F3N5O3. The molecule has 0 radical (unpaired) electrons. The fourth-order valence-corrected chi connectivity index (χ4v) is 7.31. The number of carbonyl (C=O) groups is 1. The van der Waals surface area contributed by atoms with Crippen LogP contribution in [0.1, 0.15) is 48.7 Å². The van der Waals surface area contributed by atoms with E-state index in [0.717, 1.165) is 63.1 Å². The first-order valence-corrected chi connectivity index (χ1v) is 16.0. The number of hydrogen-bond acceptors (Lipinski definition) is 6.